The lowest BCUT2D eigenvalue weighted by atomic mass is 10.1. The molecule has 0 bridgehead atoms. The molecule has 4 heteroatoms. The lowest BCUT2D eigenvalue weighted by Crippen LogP contribution is -2.17. The van der Waals surface area contributed by atoms with E-state index in [2.05, 4.69) is 46.4 Å². The van der Waals surface area contributed by atoms with Crippen molar-refractivity contribution >= 4 is 27.7 Å². The first kappa shape index (κ1) is 14.4. The zero-order valence-electron chi connectivity index (χ0n) is 10.9. The SMILES string of the molecule is CNC(C)c1ccc(SC2CCOCC2)cc1Br. The van der Waals surface area contributed by atoms with Crippen LogP contribution in [0.4, 0.5) is 0 Å². The molecule has 1 N–H and O–H groups in total. The number of rotatable bonds is 4. The van der Waals surface area contributed by atoms with Crippen LogP contribution < -0.4 is 5.32 Å². The van der Waals surface area contributed by atoms with Crippen molar-refractivity contribution in [3.8, 4) is 0 Å². The quantitative estimate of drug-likeness (QED) is 0.902. The zero-order chi connectivity index (χ0) is 13.0. The normalized spacial score (nSPS) is 18.8. The Morgan fingerprint density at radius 2 is 2.11 bits per heavy atom. The summed E-state index contributed by atoms with van der Waals surface area (Å²) in [4.78, 5) is 1.35. The van der Waals surface area contributed by atoms with E-state index < -0.39 is 0 Å². The third kappa shape index (κ3) is 3.73. The monoisotopic (exact) mass is 329 g/mol. The Labute approximate surface area is 122 Å². The summed E-state index contributed by atoms with van der Waals surface area (Å²) in [6.07, 6.45) is 2.33. The highest BCUT2D eigenvalue weighted by Crippen LogP contribution is 2.33. The Balaban J connectivity index is 2.03. The van der Waals surface area contributed by atoms with Crippen molar-refractivity contribution in [3.63, 3.8) is 0 Å². The first-order valence-corrected chi connectivity index (χ1v) is 8.09. The van der Waals surface area contributed by atoms with Gasteiger partial charge in [0.25, 0.3) is 0 Å². The molecular weight excluding hydrogens is 310 g/mol. The summed E-state index contributed by atoms with van der Waals surface area (Å²) in [7, 11) is 1.99. The van der Waals surface area contributed by atoms with Gasteiger partial charge in [0.05, 0.1) is 0 Å². The summed E-state index contributed by atoms with van der Waals surface area (Å²) in [5.74, 6) is 0. The fraction of sp³-hybridized carbons (Fsp3) is 0.571. The van der Waals surface area contributed by atoms with Gasteiger partial charge in [-0.1, -0.05) is 22.0 Å². The average Bonchev–Trinajstić information content (AvgIpc) is 2.39. The van der Waals surface area contributed by atoms with E-state index in [4.69, 9.17) is 4.74 Å². The van der Waals surface area contributed by atoms with Crippen LogP contribution in [0.15, 0.2) is 27.6 Å². The molecule has 2 nitrogen and oxygen atoms in total. The summed E-state index contributed by atoms with van der Waals surface area (Å²) >= 11 is 5.65. The molecule has 1 aliphatic rings. The molecule has 18 heavy (non-hydrogen) atoms. The van der Waals surface area contributed by atoms with E-state index in [9.17, 15) is 0 Å². The fourth-order valence-electron chi connectivity index (χ4n) is 2.07. The maximum absolute atomic E-state index is 5.40. The van der Waals surface area contributed by atoms with Crippen LogP contribution in [0.5, 0.6) is 0 Å². The minimum atomic E-state index is 0.376. The van der Waals surface area contributed by atoms with Gasteiger partial charge in [-0.2, -0.15) is 0 Å². The Bertz CT molecular complexity index is 393. The van der Waals surface area contributed by atoms with E-state index in [1.807, 2.05) is 18.8 Å². The lowest BCUT2D eigenvalue weighted by molar-refractivity contribution is 0.100. The van der Waals surface area contributed by atoms with Crippen LogP contribution in [0.2, 0.25) is 0 Å². The highest BCUT2D eigenvalue weighted by atomic mass is 79.9. The van der Waals surface area contributed by atoms with Crippen molar-refractivity contribution in [1.29, 1.82) is 0 Å². The number of halogens is 1. The van der Waals surface area contributed by atoms with Crippen molar-refractivity contribution in [2.75, 3.05) is 20.3 Å². The molecule has 1 heterocycles. The van der Waals surface area contributed by atoms with Crippen molar-refractivity contribution in [1.82, 2.24) is 5.32 Å². The molecule has 0 aliphatic carbocycles. The minimum absolute atomic E-state index is 0.376. The number of ether oxygens (including phenoxy) is 1. The highest BCUT2D eigenvalue weighted by Gasteiger charge is 2.16. The second kappa shape index (κ2) is 6.94. The van der Waals surface area contributed by atoms with E-state index in [0.717, 1.165) is 26.1 Å². The second-order valence-corrected chi connectivity index (χ2v) is 6.85. The van der Waals surface area contributed by atoms with Gasteiger partial charge in [0.15, 0.2) is 0 Å². The summed E-state index contributed by atoms with van der Waals surface area (Å²) in [5, 5.41) is 3.98. The van der Waals surface area contributed by atoms with Crippen molar-refractivity contribution in [3.05, 3.63) is 28.2 Å². The molecule has 1 unspecified atom stereocenters. The van der Waals surface area contributed by atoms with Crippen LogP contribution >= 0.6 is 27.7 Å². The van der Waals surface area contributed by atoms with E-state index >= 15 is 0 Å². The van der Waals surface area contributed by atoms with Gasteiger partial charge in [0.2, 0.25) is 0 Å². The zero-order valence-corrected chi connectivity index (χ0v) is 13.3. The molecule has 100 valence electrons. The molecule has 1 fully saturated rings. The van der Waals surface area contributed by atoms with Gasteiger partial charge in [-0.25, -0.2) is 0 Å². The predicted octanol–water partition coefficient (Wildman–Crippen LogP) is 4.00. The van der Waals surface area contributed by atoms with Crippen LogP contribution in [0.3, 0.4) is 0 Å². The number of benzene rings is 1. The van der Waals surface area contributed by atoms with Crippen LogP contribution in [-0.2, 0) is 4.74 Å². The summed E-state index contributed by atoms with van der Waals surface area (Å²) in [5.41, 5.74) is 1.31. The molecule has 0 spiro atoms. The predicted molar refractivity (Wildman–Crippen MR) is 81.3 cm³/mol. The third-order valence-corrected chi connectivity index (χ3v) is 5.36. The smallest absolute Gasteiger partial charge is 0.0476 e. The van der Waals surface area contributed by atoms with Gasteiger partial charge in [-0.05, 0) is 44.5 Å². The van der Waals surface area contributed by atoms with Crippen LogP contribution in [0.25, 0.3) is 0 Å². The molecule has 1 saturated heterocycles. The van der Waals surface area contributed by atoms with E-state index in [1.54, 1.807) is 0 Å². The van der Waals surface area contributed by atoms with Gasteiger partial charge in [-0.15, -0.1) is 11.8 Å². The summed E-state index contributed by atoms with van der Waals surface area (Å²) in [6, 6.07) is 7.06. The van der Waals surface area contributed by atoms with Crippen LogP contribution in [-0.4, -0.2) is 25.5 Å². The number of hydrogen-bond donors (Lipinski definition) is 1. The van der Waals surface area contributed by atoms with Gasteiger partial charge >= 0.3 is 0 Å². The standard InChI is InChI=1S/C14H20BrNOS/c1-10(16-2)13-4-3-12(9-14(13)15)18-11-5-7-17-8-6-11/h3-4,9-11,16H,5-8H2,1-2H3. The molecule has 1 aromatic carbocycles. The topological polar surface area (TPSA) is 21.3 Å². The highest BCUT2D eigenvalue weighted by molar-refractivity contribution is 9.10. The third-order valence-electron chi connectivity index (χ3n) is 3.34. The van der Waals surface area contributed by atoms with Gasteiger partial charge in [0.1, 0.15) is 0 Å². The number of hydrogen-bond acceptors (Lipinski definition) is 3. The maximum atomic E-state index is 5.40. The van der Waals surface area contributed by atoms with E-state index in [-0.39, 0.29) is 0 Å². The minimum Gasteiger partial charge on any atom is -0.381 e. The van der Waals surface area contributed by atoms with E-state index in [1.165, 1.54) is 14.9 Å². The summed E-state index contributed by atoms with van der Waals surface area (Å²) in [6.45, 7) is 3.99. The molecule has 0 radical (unpaired) electrons. The molecule has 0 amide bonds. The lowest BCUT2D eigenvalue weighted by Gasteiger charge is -2.22. The Kier molecular flexibility index (Phi) is 5.55. The summed E-state index contributed by atoms with van der Waals surface area (Å²) < 4.78 is 6.59. The van der Waals surface area contributed by atoms with Crippen molar-refractivity contribution in [2.45, 2.75) is 36.0 Å². The molecule has 0 saturated carbocycles. The van der Waals surface area contributed by atoms with Crippen LogP contribution in [0, 0.1) is 0 Å². The van der Waals surface area contributed by atoms with Gasteiger partial charge in [-0.3, -0.25) is 0 Å². The van der Waals surface area contributed by atoms with Crippen molar-refractivity contribution in [2.24, 2.45) is 0 Å². The molecule has 2 rings (SSSR count). The van der Waals surface area contributed by atoms with Crippen LogP contribution in [0.1, 0.15) is 31.4 Å². The molecular formula is C14H20BrNOS. The average molecular weight is 330 g/mol. The largest absolute Gasteiger partial charge is 0.381 e. The molecule has 0 aromatic heterocycles. The Morgan fingerprint density at radius 1 is 1.39 bits per heavy atom. The van der Waals surface area contributed by atoms with Gasteiger partial charge in [0, 0.05) is 33.9 Å². The van der Waals surface area contributed by atoms with Crippen molar-refractivity contribution < 1.29 is 4.74 Å². The number of thioether (sulfide) groups is 1. The molecule has 1 atom stereocenters. The Morgan fingerprint density at radius 3 is 2.72 bits per heavy atom. The fourth-order valence-corrected chi connectivity index (χ4v) is 4.09. The first-order valence-electron chi connectivity index (χ1n) is 6.42. The Hall–Kier alpha value is -0.0300. The van der Waals surface area contributed by atoms with Gasteiger partial charge < -0.3 is 10.1 Å². The number of nitrogens with one attached hydrogen (secondary N) is 1. The second-order valence-electron chi connectivity index (χ2n) is 4.62. The molecule has 1 aromatic rings. The van der Waals surface area contributed by atoms with E-state index in [0.29, 0.717) is 11.3 Å². The maximum Gasteiger partial charge on any atom is 0.0476 e. The molecule has 1 aliphatic heterocycles. The first-order chi connectivity index (χ1) is 8.70.